The van der Waals surface area contributed by atoms with E-state index < -0.39 is 23.4 Å². The van der Waals surface area contributed by atoms with Gasteiger partial charge in [0.25, 0.3) is 0 Å². The van der Waals surface area contributed by atoms with Crippen molar-refractivity contribution in [2.75, 3.05) is 10.2 Å². The zero-order valence-corrected chi connectivity index (χ0v) is 22.3. The molecule has 4 atom stereocenters. The van der Waals surface area contributed by atoms with Crippen LogP contribution < -0.4 is 10.2 Å². The van der Waals surface area contributed by atoms with Crippen molar-refractivity contribution in [1.82, 2.24) is 0 Å². The highest BCUT2D eigenvalue weighted by Crippen LogP contribution is 2.58. The Morgan fingerprint density at radius 3 is 2.15 bits per heavy atom. The van der Waals surface area contributed by atoms with Crippen LogP contribution in [0.1, 0.15) is 31.8 Å². The fraction of sp³-hybridized carbons (Fsp3) is 0.121. The van der Waals surface area contributed by atoms with Crippen LogP contribution in [0.4, 0.5) is 11.4 Å². The Labute approximate surface area is 234 Å². The number of ketones is 2. The van der Waals surface area contributed by atoms with Gasteiger partial charge < -0.3 is 10.2 Å². The number of carbonyl (C=O) groups excluding carboxylic acids is 3. The molecule has 1 amide bonds. The van der Waals surface area contributed by atoms with Crippen molar-refractivity contribution < 1.29 is 14.4 Å². The number of rotatable bonds is 4. The molecule has 39 heavy (non-hydrogen) atoms. The highest BCUT2D eigenvalue weighted by atomic mass is 79.9. The topological polar surface area (TPSA) is 66.5 Å². The minimum atomic E-state index is -1.31. The van der Waals surface area contributed by atoms with Gasteiger partial charge in [0, 0.05) is 27.0 Å². The molecule has 0 bridgehead atoms. The van der Waals surface area contributed by atoms with Gasteiger partial charge in [0.1, 0.15) is 11.5 Å². The van der Waals surface area contributed by atoms with E-state index in [4.69, 9.17) is 0 Å². The molecule has 1 N–H and O–H groups in total. The molecule has 4 aromatic carbocycles. The molecular formula is C33H23BrN2O3. The molecule has 7 rings (SSSR count). The average molecular weight is 575 g/mol. The summed E-state index contributed by atoms with van der Waals surface area (Å²) >= 11 is 3.56. The zero-order valence-electron chi connectivity index (χ0n) is 20.8. The first-order valence-corrected chi connectivity index (χ1v) is 13.7. The second-order valence-corrected chi connectivity index (χ2v) is 11.1. The van der Waals surface area contributed by atoms with Crippen molar-refractivity contribution >= 4 is 50.9 Å². The van der Waals surface area contributed by atoms with Crippen LogP contribution in [0.3, 0.4) is 0 Å². The van der Waals surface area contributed by atoms with Crippen molar-refractivity contribution in [3.63, 3.8) is 0 Å². The minimum Gasteiger partial charge on any atom is -0.352 e. The number of hydrogen-bond acceptors (Lipinski definition) is 4. The van der Waals surface area contributed by atoms with Gasteiger partial charge in [-0.05, 0) is 35.4 Å². The number of fused-ring (bicyclic) bond motifs is 6. The van der Waals surface area contributed by atoms with E-state index in [9.17, 15) is 14.4 Å². The number of nitrogens with one attached hydrogen (secondary N) is 1. The lowest BCUT2D eigenvalue weighted by Gasteiger charge is -2.37. The Hall–Kier alpha value is -4.29. The summed E-state index contributed by atoms with van der Waals surface area (Å²) < 4.78 is 0.907. The molecule has 6 heteroatoms. The number of carbonyl (C=O) groups is 3. The average Bonchev–Trinajstić information content (AvgIpc) is 3.45. The van der Waals surface area contributed by atoms with Gasteiger partial charge in [-0.3, -0.25) is 14.4 Å². The van der Waals surface area contributed by atoms with E-state index in [0.717, 1.165) is 21.3 Å². The van der Waals surface area contributed by atoms with Gasteiger partial charge in [-0.15, -0.1) is 0 Å². The number of halogens is 1. The SMILES string of the molecule is O=C(c1ccccc1)[C@@H]1[C@@H](C(=O)c2ccccc2)[C@]2(C(=O)Nc3ccccc32)[C@H]2C=Cc3cc(Br)ccc3N12. The quantitative estimate of drug-likeness (QED) is 0.290. The van der Waals surface area contributed by atoms with Gasteiger partial charge in [0.05, 0.1) is 12.0 Å². The lowest BCUT2D eigenvalue weighted by molar-refractivity contribution is -0.121. The van der Waals surface area contributed by atoms with Crippen LogP contribution in [0.5, 0.6) is 0 Å². The third-order valence-corrected chi connectivity index (χ3v) is 8.76. The van der Waals surface area contributed by atoms with Crippen LogP contribution in [-0.2, 0) is 10.2 Å². The van der Waals surface area contributed by atoms with Crippen molar-refractivity contribution in [3.8, 4) is 0 Å². The monoisotopic (exact) mass is 574 g/mol. The van der Waals surface area contributed by atoms with Crippen molar-refractivity contribution in [2.45, 2.75) is 17.5 Å². The first-order chi connectivity index (χ1) is 19.0. The molecule has 0 saturated carbocycles. The summed E-state index contributed by atoms with van der Waals surface area (Å²) in [7, 11) is 0. The Morgan fingerprint density at radius 1 is 0.795 bits per heavy atom. The summed E-state index contributed by atoms with van der Waals surface area (Å²) in [5, 5.41) is 3.06. The van der Waals surface area contributed by atoms with Crippen LogP contribution in [0.15, 0.2) is 114 Å². The normalized spacial score (nSPS) is 24.2. The number of nitrogens with zero attached hydrogens (tertiary/aromatic N) is 1. The second kappa shape index (κ2) is 8.89. The van der Waals surface area contributed by atoms with Crippen molar-refractivity contribution in [1.29, 1.82) is 0 Å². The summed E-state index contributed by atoms with van der Waals surface area (Å²) in [4.78, 5) is 45.5. The predicted molar refractivity (Wildman–Crippen MR) is 155 cm³/mol. The Morgan fingerprint density at radius 2 is 1.44 bits per heavy atom. The van der Waals surface area contributed by atoms with E-state index >= 15 is 0 Å². The third-order valence-electron chi connectivity index (χ3n) is 8.26. The highest BCUT2D eigenvalue weighted by Gasteiger charge is 2.70. The number of hydrogen-bond donors (Lipinski definition) is 1. The van der Waals surface area contributed by atoms with Crippen LogP contribution >= 0.6 is 15.9 Å². The van der Waals surface area contributed by atoms with Crippen LogP contribution in [0, 0.1) is 5.92 Å². The van der Waals surface area contributed by atoms with E-state index in [1.54, 1.807) is 24.3 Å². The van der Waals surface area contributed by atoms with Gasteiger partial charge in [0.15, 0.2) is 11.6 Å². The molecule has 190 valence electrons. The highest BCUT2D eigenvalue weighted by molar-refractivity contribution is 9.10. The summed E-state index contributed by atoms with van der Waals surface area (Å²) in [5.41, 5.74) is 2.83. The number of para-hydroxylation sites is 1. The van der Waals surface area contributed by atoms with Gasteiger partial charge in [0.2, 0.25) is 5.91 Å². The molecule has 0 aromatic heterocycles. The van der Waals surface area contributed by atoms with Crippen LogP contribution in [-0.4, -0.2) is 29.6 Å². The molecule has 1 fully saturated rings. The maximum Gasteiger partial charge on any atom is 0.238 e. The van der Waals surface area contributed by atoms with E-state index in [1.807, 2.05) is 95.9 Å². The van der Waals surface area contributed by atoms with Gasteiger partial charge in [-0.1, -0.05) is 107 Å². The van der Waals surface area contributed by atoms with Gasteiger partial charge in [-0.2, -0.15) is 0 Å². The zero-order chi connectivity index (χ0) is 26.7. The molecule has 1 spiro atoms. The molecule has 3 aliphatic heterocycles. The first kappa shape index (κ1) is 23.8. The minimum absolute atomic E-state index is 0.187. The lowest BCUT2D eigenvalue weighted by atomic mass is 9.64. The van der Waals surface area contributed by atoms with Crippen molar-refractivity contribution in [3.05, 3.63) is 136 Å². The number of Topliss-reactive ketones (excluding diaryl/α,β-unsaturated/α-hetero) is 2. The van der Waals surface area contributed by atoms with Crippen LogP contribution in [0.2, 0.25) is 0 Å². The third kappa shape index (κ3) is 3.34. The Bertz CT molecular complexity index is 1680. The largest absolute Gasteiger partial charge is 0.352 e. The molecule has 1 saturated heterocycles. The lowest BCUT2D eigenvalue weighted by Crippen LogP contribution is -2.51. The smallest absolute Gasteiger partial charge is 0.238 e. The number of anilines is 2. The van der Waals surface area contributed by atoms with E-state index in [-0.39, 0.29) is 17.5 Å². The maximum atomic E-state index is 14.6. The summed E-state index contributed by atoms with van der Waals surface area (Å²) in [5.74, 6) is -1.65. The Kier molecular flexibility index (Phi) is 5.42. The van der Waals surface area contributed by atoms with Crippen molar-refractivity contribution in [2.24, 2.45) is 5.92 Å². The maximum absolute atomic E-state index is 14.6. The summed E-state index contributed by atoms with van der Waals surface area (Å²) in [6, 6.07) is 30.0. The fourth-order valence-corrected chi connectivity index (χ4v) is 7.08. The Balaban J connectivity index is 1.55. The second-order valence-electron chi connectivity index (χ2n) is 10.2. The summed E-state index contributed by atoms with van der Waals surface area (Å²) in [6.07, 6.45) is 3.98. The molecule has 3 heterocycles. The molecule has 5 nitrogen and oxygen atoms in total. The molecule has 0 radical (unpaired) electrons. The number of benzene rings is 4. The molecule has 4 aromatic rings. The fourth-order valence-electron chi connectivity index (χ4n) is 6.71. The summed E-state index contributed by atoms with van der Waals surface area (Å²) in [6.45, 7) is 0. The molecule has 0 aliphatic carbocycles. The molecule has 0 unspecified atom stereocenters. The standard InChI is InChI=1S/C33H23BrN2O3/c34-23-16-17-26-22(19-23)15-18-27-33(24-13-7-8-14-25(24)35-32(33)39)28(30(37)20-9-3-1-4-10-20)29(36(26)27)31(38)21-11-5-2-6-12-21/h1-19,27-29H,(H,35,39)/t27-,28+,29+,33-/m1/s1. The molecule has 3 aliphatic rings. The predicted octanol–water partition coefficient (Wildman–Crippen LogP) is 6.31. The number of amides is 1. The van der Waals surface area contributed by atoms with Gasteiger partial charge in [-0.25, -0.2) is 0 Å². The van der Waals surface area contributed by atoms with Gasteiger partial charge >= 0.3 is 0 Å². The first-order valence-electron chi connectivity index (χ1n) is 12.9. The molecular weight excluding hydrogens is 552 g/mol. The van der Waals surface area contributed by atoms with E-state index in [2.05, 4.69) is 21.2 Å². The van der Waals surface area contributed by atoms with Crippen LogP contribution in [0.25, 0.3) is 6.08 Å². The van der Waals surface area contributed by atoms with E-state index in [0.29, 0.717) is 16.8 Å². The van der Waals surface area contributed by atoms with E-state index in [1.165, 1.54) is 0 Å².